The van der Waals surface area contributed by atoms with Crippen LogP contribution in [0.4, 0.5) is 14.5 Å². The lowest BCUT2D eigenvalue weighted by atomic mass is 10.2. The normalized spacial score (nSPS) is 18.5. The quantitative estimate of drug-likeness (QED) is 0.467. The third kappa shape index (κ3) is 3.69. The first-order chi connectivity index (χ1) is 8.08. The lowest BCUT2D eigenvalue weighted by Crippen LogP contribution is -2.19. The maximum absolute atomic E-state index is 12.9. The Hall–Kier alpha value is -1.65. The molecule has 17 heavy (non-hydrogen) atoms. The van der Waals surface area contributed by atoms with Gasteiger partial charge in [0, 0.05) is 31.6 Å². The first kappa shape index (κ1) is 13.4. The van der Waals surface area contributed by atoms with Crippen molar-refractivity contribution in [1.29, 1.82) is 0 Å². The van der Waals surface area contributed by atoms with Gasteiger partial charge in [0.1, 0.15) is 0 Å². The summed E-state index contributed by atoms with van der Waals surface area (Å²) in [6.45, 7) is 6.71. The second kappa shape index (κ2) is 6.18. The van der Waals surface area contributed by atoms with E-state index < -0.39 is 11.6 Å². The second-order valence-electron chi connectivity index (χ2n) is 4.08. The van der Waals surface area contributed by atoms with Crippen molar-refractivity contribution in [3.05, 3.63) is 29.8 Å². The molecule has 0 bridgehead atoms. The Balaban J connectivity index is 0.000000437. The van der Waals surface area contributed by atoms with Crippen molar-refractivity contribution < 1.29 is 14.0 Å². The second-order valence-corrected chi connectivity index (χ2v) is 4.08. The maximum Gasteiger partial charge on any atom is 0.160 e. The van der Waals surface area contributed by atoms with Crippen LogP contribution in [0, 0.1) is 17.6 Å². The first-order valence-electron chi connectivity index (χ1n) is 5.38. The van der Waals surface area contributed by atoms with E-state index in [1.54, 1.807) is 6.07 Å². The standard InChI is InChI=1S/C11H13F2N.CH3NO/c1-8-4-5-14(7-8)9-2-3-10(12)11(13)6-9;1-2-3/h2-3,6,8H,4-5,7H2,1H3;3H,1H2. The van der Waals surface area contributed by atoms with Gasteiger partial charge in [-0.3, -0.25) is 0 Å². The molecule has 1 N–H and O–H groups in total. The molecule has 0 radical (unpaired) electrons. The molecule has 0 spiro atoms. The molecule has 0 saturated carbocycles. The Morgan fingerprint density at radius 1 is 1.41 bits per heavy atom. The fourth-order valence-corrected chi connectivity index (χ4v) is 1.85. The van der Waals surface area contributed by atoms with Crippen molar-refractivity contribution in [2.45, 2.75) is 13.3 Å². The van der Waals surface area contributed by atoms with Gasteiger partial charge in [-0.25, -0.2) is 8.78 Å². The minimum absolute atomic E-state index is 0.642. The third-order valence-corrected chi connectivity index (χ3v) is 2.69. The highest BCUT2D eigenvalue weighted by Gasteiger charge is 2.19. The van der Waals surface area contributed by atoms with Crippen molar-refractivity contribution >= 4 is 12.4 Å². The summed E-state index contributed by atoms with van der Waals surface area (Å²) in [5, 5.41) is 9.33. The zero-order valence-corrected chi connectivity index (χ0v) is 9.74. The first-order valence-corrected chi connectivity index (χ1v) is 5.38. The summed E-state index contributed by atoms with van der Waals surface area (Å²) in [6.07, 6.45) is 1.12. The highest BCUT2D eigenvalue weighted by atomic mass is 19.2. The molecule has 1 aliphatic heterocycles. The summed E-state index contributed by atoms with van der Waals surface area (Å²) in [6, 6.07) is 4.09. The number of hydrogen-bond acceptors (Lipinski definition) is 3. The summed E-state index contributed by atoms with van der Waals surface area (Å²) in [4.78, 5) is 2.09. The van der Waals surface area contributed by atoms with E-state index in [9.17, 15) is 8.78 Å². The predicted molar refractivity (Wildman–Crippen MR) is 63.7 cm³/mol. The molecule has 5 heteroatoms. The molecule has 2 rings (SSSR count). The molecule has 0 amide bonds. The number of nitrogens with zero attached hydrogens (tertiary/aromatic N) is 2. The average molecular weight is 242 g/mol. The fourth-order valence-electron chi connectivity index (χ4n) is 1.85. The Morgan fingerprint density at radius 2 is 2.06 bits per heavy atom. The molecule has 1 unspecified atom stereocenters. The number of oxime groups is 1. The van der Waals surface area contributed by atoms with Crippen LogP contribution in [0.5, 0.6) is 0 Å². The Labute approximate surface area is 99.4 Å². The number of halogens is 2. The van der Waals surface area contributed by atoms with Crippen LogP contribution in [-0.4, -0.2) is 25.0 Å². The SMILES string of the molecule is C=NO.CC1CCN(c2ccc(F)c(F)c2)C1. The summed E-state index contributed by atoms with van der Waals surface area (Å²) in [5.74, 6) is -0.897. The lowest BCUT2D eigenvalue weighted by molar-refractivity contribution is 0.323. The van der Waals surface area contributed by atoms with Crippen LogP contribution in [0.3, 0.4) is 0 Å². The van der Waals surface area contributed by atoms with Crippen molar-refractivity contribution in [3.8, 4) is 0 Å². The van der Waals surface area contributed by atoms with Crippen LogP contribution in [0.15, 0.2) is 23.4 Å². The van der Waals surface area contributed by atoms with Gasteiger partial charge in [0.15, 0.2) is 11.6 Å². The van der Waals surface area contributed by atoms with Gasteiger partial charge in [-0.05, 0) is 24.5 Å². The molecule has 1 fully saturated rings. The van der Waals surface area contributed by atoms with Gasteiger partial charge in [-0.2, -0.15) is 0 Å². The zero-order valence-electron chi connectivity index (χ0n) is 9.74. The summed E-state index contributed by atoms with van der Waals surface area (Å²) >= 11 is 0. The van der Waals surface area contributed by atoms with Crippen LogP contribution in [0.25, 0.3) is 0 Å². The van der Waals surface area contributed by atoms with Crippen molar-refractivity contribution in [1.82, 2.24) is 0 Å². The predicted octanol–water partition coefficient (Wildman–Crippen LogP) is 2.89. The largest absolute Gasteiger partial charge is 0.411 e. The van der Waals surface area contributed by atoms with E-state index in [1.165, 1.54) is 12.1 Å². The molecule has 1 atom stereocenters. The molecule has 1 heterocycles. The molecule has 1 aromatic carbocycles. The van der Waals surface area contributed by atoms with Gasteiger partial charge >= 0.3 is 0 Å². The van der Waals surface area contributed by atoms with E-state index in [1.807, 2.05) is 0 Å². The number of anilines is 1. The third-order valence-electron chi connectivity index (χ3n) is 2.69. The van der Waals surface area contributed by atoms with Gasteiger partial charge < -0.3 is 10.1 Å². The van der Waals surface area contributed by atoms with E-state index in [4.69, 9.17) is 5.21 Å². The molecule has 0 aromatic heterocycles. The summed E-state index contributed by atoms with van der Waals surface area (Å²) in [7, 11) is 0. The average Bonchev–Trinajstić information content (AvgIpc) is 2.70. The highest BCUT2D eigenvalue weighted by molar-refractivity contribution is 5.47. The smallest absolute Gasteiger partial charge is 0.160 e. The van der Waals surface area contributed by atoms with Crippen LogP contribution in [0.1, 0.15) is 13.3 Å². The van der Waals surface area contributed by atoms with Crippen LogP contribution in [0.2, 0.25) is 0 Å². The molecule has 94 valence electrons. The molecule has 1 aliphatic rings. The molecular formula is C12H16F2N2O. The van der Waals surface area contributed by atoms with E-state index in [2.05, 4.69) is 23.7 Å². The van der Waals surface area contributed by atoms with E-state index in [0.717, 1.165) is 25.2 Å². The Bertz CT molecular complexity index is 385. The topological polar surface area (TPSA) is 35.8 Å². The number of rotatable bonds is 1. The molecule has 1 saturated heterocycles. The van der Waals surface area contributed by atoms with Gasteiger partial charge in [0.05, 0.1) is 0 Å². The highest BCUT2D eigenvalue weighted by Crippen LogP contribution is 2.24. The molecule has 0 aliphatic carbocycles. The van der Waals surface area contributed by atoms with Crippen LogP contribution in [-0.2, 0) is 0 Å². The minimum Gasteiger partial charge on any atom is -0.411 e. The summed E-state index contributed by atoms with van der Waals surface area (Å²) < 4.78 is 25.6. The molecule has 3 nitrogen and oxygen atoms in total. The minimum atomic E-state index is -0.777. The number of benzene rings is 1. The number of hydrogen-bond donors (Lipinski definition) is 1. The molecule has 1 aromatic rings. The molecular weight excluding hydrogens is 226 g/mol. The maximum atomic E-state index is 12.9. The van der Waals surface area contributed by atoms with Crippen molar-refractivity contribution in [2.24, 2.45) is 11.1 Å². The van der Waals surface area contributed by atoms with Crippen molar-refractivity contribution in [2.75, 3.05) is 18.0 Å². The van der Waals surface area contributed by atoms with E-state index >= 15 is 0 Å². The zero-order chi connectivity index (χ0) is 12.8. The van der Waals surface area contributed by atoms with Gasteiger partial charge in [-0.15, -0.1) is 5.16 Å². The van der Waals surface area contributed by atoms with E-state index in [-0.39, 0.29) is 0 Å². The summed E-state index contributed by atoms with van der Waals surface area (Å²) in [5.41, 5.74) is 0.785. The van der Waals surface area contributed by atoms with E-state index in [0.29, 0.717) is 5.92 Å². The van der Waals surface area contributed by atoms with Gasteiger partial charge in [-0.1, -0.05) is 6.92 Å². The monoisotopic (exact) mass is 242 g/mol. The van der Waals surface area contributed by atoms with Crippen LogP contribution < -0.4 is 4.90 Å². The van der Waals surface area contributed by atoms with Crippen molar-refractivity contribution in [3.63, 3.8) is 0 Å². The Morgan fingerprint density at radius 3 is 2.53 bits per heavy atom. The Kier molecular flexibility index (Phi) is 4.87. The lowest BCUT2D eigenvalue weighted by Gasteiger charge is -2.18. The van der Waals surface area contributed by atoms with Gasteiger partial charge in [0.25, 0.3) is 0 Å². The van der Waals surface area contributed by atoms with Gasteiger partial charge in [0.2, 0.25) is 0 Å². The van der Waals surface area contributed by atoms with Crippen LogP contribution >= 0.6 is 0 Å². The fraction of sp³-hybridized carbons (Fsp3) is 0.417.